The molecule has 0 amide bonds. The number of hydrogen-bond donors (Lipinski definition) is 1. The molecule has 0 spiro atoms. The van der Waals surface area contributed by atoms with E-state index in [9.17, 15) is 8.42 Å². The van der Waals surface area contributed by atoms with Gasteiger partial charge in [0.05, 0.1) is 17.0 Å². The third-order valence-corrected chi connectivity index (χ3v) is 5.98. The summed E-state index contributed by atoms with van der Waals surface area (Å²) in [7, 11) is -3.07. The molecule has 2 atom stereocenters. The van der Waals surface area contributed by atoms with Gasteiger partial charge in [-0.1, -0.05) is 19.4 Å². The summed E-state index contributed by atoms with van der Waals surface area (Å²) < 4.78 is 23.9. The van der Waals surface area contributed by atoms with Crippen molar-refractivity contribution in [1.29, 1.82) is 0 Å². The summed E-state index contributed by atoms with van der Waals surface area (Å²) in [6, 6.07) is 3.38. The molecule has 0 radical (unpaired) electrons. The maximum absolute atomic E-state index is 12.0. The molecule has 0 bridgehead atoms. The van der Waals surface area contributed by atoms with Gasteiger partial charge in [0.25, 0.3) is 0 Å². The minimum absolute atomic E-state index is 0.240. The number of rotatable bonds is 6. The summed E-state index contributed by atoms with van der Waals surface area (Å²) in [6.45, 7) is 3.69. The highest BCUT2D eigenvalue weighted by atomic mass is 32.2. The fraction of sp³-hybridized carbons (Fsp3) is 0.636. The minimum atomic E-state index is -3.07. The topological polar surface area (TPSA) is 60.2 Å². The van der Waals surface area contributed by atoms with Crippen LogP contribution in [-0.4, -0.2) is 19.4 Å². The van der Waals surface area contributed by atoms with Gasteiger partial charge in [0.2, 0.25) is 0 Å². The first kappa shape index (κ1) is 13.7. The van der Waals surface area contributed by atoms with E-state index in [2.05, 4.69) is 0 Å². The van der Waals surface area contributed by atoms with Crippen molar-refractivity contribution in [2.24, 2.45) is 5.73 Å². The van der Waals surface area contributed by atoms with Crippen molar-refractivity contribution in [2.75, 3.05) is 5.75 Å². The highest BCUT2D eigenvalue weighted by molar-refractivity contribution is 7.92. The quantitative estimate of drug-likeness (QED) is 0.855. The fourth-order valence-corrected chi connectivity index (χ4v) is 4.04. The second-order valence-electron chi connectivity index (χ2n) is 3.97. The highest BCUT2D eigenvalue weighted by Crippen LogP contribution is 2.24. The molecule has 1 heterocycles. The highest BCUT2D eigenvalue weighted by Gasteiger charge is 2.27. The first-order valence-corrected chi connectivity index (χ1v) is 8.09. The molecular formula is C11H19NO2S2. The van der Waals surface area contributed by atoms with E-state index >= 15 is 0 Å². The van der Waals surface area contributed by atoms with Crippen LogP contribution in [0.3, 0.4) is 0 Å². The van der Waals surface area contributed by atoms with Gasteiger partial charge in [0.15, 0.2) is 9.84 Å². The molecule has 1 aromatic rings. The molecular weight excluding hydrogens is 242 g/mol. The Bertz CT molecular complexity index is 398. The molecule has 0 saturated heterocycles. The number of unbranched alkanes of at least 4 members (excludes halogenated alkanes) is 1. The van der Waals surface area contributed by atoms with E-state index in [0.29, 0.717) is 6.42 Å². The lowest BCUT2D eigenvalue weighted by molar-refractivity contribution is 0.563. The number of thiophene rings is 1. The first-order chi connectivity index (χ1) is 7.49. The Balaban J connectivity index is 2.73. The number of hydrogen-bond acceptors (Lipinski definition) is 4. The summed E-state index contributed by atoms with van der Waals surface area (Å²) >= 11 is 1.51. The molecule has 0 saturated carbocycles. The third-order valence-electron chi connectivity index (χ3n) is 2.73. The largest absolute Gasteiger partial charge is 0.322 e. The summed E-state index contributed by atoms with van der Waals surface area (Å²) in [5.74, 6) is 0.240. The lowest BCUT2D eigenvalue weighted by Gasteiger charge is -2.19. The molecule has 2 N–H and O–H groups in total. The van der Waals surface area contributed by atoms with E-state index in [1.807, 2.05) is 24.4 Å². The van der Waals surface area contributed by atoms with Gasteiger partial charge in [-0.15, -0.1) is 11.3 Å². The molecule has 0 aromatic carbocycles. The zero-order valence-corrected chi connectivity index (χ0v) is 11.4. The second kappa shape index (κ2) is 5.80. The van der Waals surface area contributed by atoms with Crippen molar-refractivity contribution in [3.05, 3.63) is 22.4 Å². The van der Waals surface area contributed by atoms with Gasteiger partial charge in [-0.25, -0.2) is 8.42 Å². The van der Waals surface area contributed by atoms with Gasteiger partial charge in [-0.3, -0.25) is 0 Å². The molecule has 0 aliphatic heterocycles. The summed E-state index contributed by atoms with van der Waals surface area (Å²) in [5, 5.41) is 1.42. The Hall–Kier alpha value is -0.390. The van der Waals surface area contributed by atoms with Crippen LogP contribution < -0.4 is 5.73 Å². The molecule has 92 valence electrons. The summed E-state index contributed by atoms with van der Waals surface area (Å²) in [6.07, 6.45) is 1.60. The van der Waals surface area contributed by atoms with E-state index in [1.165, 1.54) is 11.3 Å². The predicted octanol–water partition coefficient (Wildman–Crippen LogP) is 2.35. The predicted molar refractivity (Wildman–Crippen MR) is 69.4 cm³/mol. The molecule has 3 nitrogen and oxygen atoms in total. The van der Waals surface area contributed by atoms with Gasteiger partial charge >= 0.3 is 0 Å². The van der Waals surface area contributed by atoms with E-state index in [4.69, 9.17) is 5.73 Å². The average Bonchev–Trinajstić information content (AvgIpc) is 2.77. The van der Waals surface area contributed by atoms with Crippen LogP contribution in [0.5, 0.6) is 0 Å². The lowest BCUT2D eigenvalue weighted by Crippen LogP contribution is -2.32. The standard InChI is InChI=1S/C11H19NO2S2/c1-3-4-8-16(13,14)9(2)11(12)10-6-5-7-15-10/h5-7,9,11H,3-4,8,12H2,1-2H3. The van der Waals surface area contributed by atoms with E-state index < -0.39 is 21.1 Å². The van der Waals surface area contributed by atoms with E-state index in [0.717, 1.165) is 11.3 Å². The molecule has 1 aromatic heterocycles. The monoisotopic (exact) mass is 261 g/mol. The zero-order valence-electron chi connectivity index (χ0n) is 9.72. The van der Waals surface area contributed by atoms with E-state index in [-0.39, 0.29) is 5.75 Å². The maximum atomic E-state index is 12.0. The minimum Gasteiger partial charge on any atom is -0.322 e. The number of sulfone groups is 1. The van der Waals surface area contributed by atoms with Crippen LogP contribution in [0.1, 0.15) is 37.6 Å². The SMILES string of the molecule is CCCCS(=O)(=O)C(C)C(N)c1cccs1. The second-order valence-corrected chi connectivity index (χ2v) is 7.42. The van der Waals surface area contributed by atoms with Crippen LogP contribution in [0.25, 0.3) is 0 Å². The lowest BCUT2D eigenvalue weighted by atomic mass is 10.2. The molecule has 0 aliphatic carbocycles. The Kier molecular flexibility index (Phi) is 4.95. The Morgan fingerprint density at radius 2 is 2.19 bits per heavy atom. The van der Waals surface area contributed by atoms with Crippen LogP contribution in [-0.2, 0) is 9.84 Å². The van der Waals surface area contributed by atoms with Crippen molar-refractivity contribution in [2.45, 2.75) is 38.0 Å². The number of nitrogens with two attached hydrogens (primary N) is 1. The van der Waals surface area contributed by atoms with Crippen molar-refractivity contribution < 1.29 is 8.42 Å². The Morgan fingerprint density at radius 3 is 2.69 bits per heavy atom. The molecule has 1 rings (SSSR count). The van der Waals surface area contributed by atoms with Crippen LogP contribution >= 0.6 is 11.3 Å². The van der Waals surface area contributed by atoms with Crippen molar-refractivity contribution in [3.63, 3.8) is 0 Å². The van der Waals surface area contributed by atoms with Gasteiger partial charge < -0.3 is 5.73 Å². The summed E-state index contributed by atoms with van der Waals surface area (Å²) in [5.41, 5.74) is 5.97. The summed E-state index contributed by atoms with van der Waals surface area (Å²) in [4.78, 5) is 0.938. The van der Waals surface area contributed by atoms with Crippen molar-refractivity contribution >= 4 is 21.2 Å². The first-order valence-electron chi connectivity index (χ1n) is 5.49. The molecule has 16 heavy (non-hydrogen) atoms. The van der Waals surface area contributed by atoms with Crippen LogP contribution in [0.15, 0.2) is 17.5 Å². The van der Waals surface area contributed by atoms with Gasteiger partial charge in [-0.2, -0.15) is 0 Å². The average molecular weight is 261 g/mol. The zero-order chi connectivity index (χ0) is 12.2. The van der Waals surface area contributed by atoms with Crippen LogP contribution in [0, 0.1) is 0 Å². The molecule has 2 unspecified atom stereocenters. The Labute approximate surface area is 102 Å². The molecule has 5 heteroatoms. The molecule has 0 fully saturated rings. The Morgan fingerprint density at radius 1 is 1.50 bits per heavy atom. The van der Waals surface area contributed by atoms with E-state index in [1.54, 1.807) is 6.92 Å². The maximum Gasteiger partial charge on any atom is 0.154 e. The van der Waals surface area contributed by atoms with Gasteiger partial charge in [0, 0.05) is 4.88 Å². The van der Waals surface area contributed by atoms with Crippen LogP contribution in [0.2, 0.25) is 0 Å². The smallest absolute Gasteiger partial charge is 0.154 e. The van der Waals surface area contributed by atoms with Crippen molar-refractivity contribution in [1.82, 2.24) is 0 Å². The third kappa shape index (κ3) is 3.30. The van der Waals surface area contributed by atoms with Gasteiger partial charge in [-0.05, 0) is 24.8 Å². The molecule has 0 aliphatic rings. The normalized spacial score (nSPS) is 15.9. The van der Waals surface area contributed by atoms with Crippen LogP contribution in [0.4, 0.5) is 0 Å². The van der Waals surface area contributed by atoms with Gasteiger partial charge in [0.1, 0.15) is 0 Å². The van der Waals surface area contributed by atoms with Crippen molar-refractivity contribution in [3.8, 4) is 0 Å². The fourth-order valence-electron chi connectivity index (χ4n) is 1.47.